The molecule has 2 atom stereocenters. The van der Waals surface area contributed by atoms with Crippen molar-refractivity contribution in [1.29, 1.82) is 0 Å². The lowest BCUT2D eigenvalue weighted by Crippen LogP contribution is -2.56. The summed E-state index contributed by atoms with van der Waals surface area (Å²) in [4.78, 5) is 0. The molecule has 1 aliphatic heterocycles. The van der Waals surface area contributed by atoms with Crippen LogP contribution in [0.15, 0.2) is 0 Å². The second-order valence-electron chi connectivity index (χ2n) is 7.52. The molecule has 3 fully saturated rings. The first kappa shape index (κ1) is 12.0. The molecule has 0 aromatic heterocycles. The largest absolute Gasteiger partial charge is 0.315 e. The van der Waals surface area contributed by atoms with Crippen molar-refractivity contribution in [1.82, 2.24) is 10.6 Å². The van der Waals surface area contributed by atoms with Crippen LogP contribution in [0, 0.1) is 11.3 Å². The Labute approximate surface area is 106 Å². The van der Waals surface area contributed by atoms with E-state index in [2.05, 4.69) is 24.5 Å². The van der Waals surface area contributed by atoms with Gasteiger partial charge >= 0.3 is 0 Å². The van der Waals surface area contributed by atoms with Crippen LogP contribution in [0.5, 0.6) is 0 Å². The topological polar surface area (TPSA) is 24.1 Å². The Morgan fingerprint density at radius 3 is 2.53 bits per heavy atom. The van der Waals surface area contributed by atoms with Crippen LogP contribution in [0.4, 0.5) is 0 Å². The molecule has 0 aromatic rings. The van der Waals surface area contributed by atoms with Crippen LogP contribution < -0.4 is 10.6 Å². The molecular formula is C15H28N2. The molecule has 0 radical (unpaired) electrons. The van der Waals surface area contributed by atoms with Crippen LogP contribution in [-0.4, -0.2) is 24.7 Å². The van der Waals surface area contributed by atoms with Crippen molar-refractivity contribution >= 4 is 0 Å². The van der Waals surface area contributed by atoms with Crippen LogP contribution >= 0.6 is 0 Å². The zero-order chi connectivity index (χ0) is 11.9. The summed E-state index contributed by atoms with van der Waals surface area (Å²) in [6, 6.07) is 0.811. The van der Waals surface area contributed by atoms with Crippen molar-refractivity contribution < 1.29 is 0 Å². The van der Waals surface area contributed by atoms with E-state index in [0.717, 1.165) is 12.0 Å². The highest BCUT2D eigenvalue weighted by atomic mass is 15.1. The zero-order valence-corrected chi connectivity index (χ0v) is 11.5. The van der Waals surface area contributed by atoms with Crippen molar-refractivity contribution in [3.05, 3.63) is 0 Å². The average molecular weight is 236 g/mol. The molecule has 0 aromatic carbocycles. The van der Waals surface area contributed by atoms with Crippen molar-refractivity contribution in [3.63, 3.8) is 0 Å². The summed E-state index contributed by atoms with van der Waals surface area (Å²) in [5, 5.41) is 7.81. The van der Waals surface area contributed by atoms with Gasteiger partial charge in [0.25, 0.3) is 0 Å². The number of fused-ring (bicyclic) bond motifs is 1. The summed E-state index contributed by atoms with van der Waals surface area (Å²) in [5.74, 6) is 0.907. The fourth-order valence-corrected chi connectivity index (χ4v) is 4.14. The summed E-state index contributed by atoms with van der Waals surface area (Å²) in [5.41, 5.74) is 1.01. The van der Waals surface area contributed by atoms with E-state index in [4.69, 9.17) is 0 Å². The first-order chi connectivity index (χ1) is 8.09. The maximum absolute atomic E-state index is 4.07. The highest BCUT2D eigenvalue weighted by Crippen LogP contribution is 2.42. The van der Waals surface area contributed by atoms with Crippen LogP contribution in [0.2, 0.25) is 0 Å². The molecule has 2 N–H and O–H groups in total. The van der Waals surface area contributed by atoms with Gasteiger partial charge in [-0.1, -0.05) is 20.3 Å². The van der Waals surface area contributed by atoms with Gasteiger partial charge in [-0.15, -0.1) is 0 Å². The minimum atomic E-state index is 0.430. The van der Waals surface area contributed by atoms with Gasteiger partial charge in [-0.25, -0.2) is 0 Å². The summed E-state index contributed by atoms with van der Waals surface area (Å²) in [7, 11) is 0. The molecule has 1 spiro atoms. The van der Waals surface area contributed by atoms with Crippen molar-refractivity contribution in [3.8, 4) is 0 Å². The quantitative estimate of drug-likeness (QED) is 0.676. The molecule has 2 unspecified atom stereocenters. The normalized spacial score (nSPS) is 39.9. The molecule has 0 amide bonds. The number of hydrogen-bond acceptors (Lipinski definition) is 2. The van der Waals surface area contributed by atoms with E-state index in [0.29, 0.717) is 11.0 Å². The van der Waals surface area contributed by atoms with E-state index in [-0.39, 0.29) is 0 Å². The fraction of sp³-hybridized carbons (Fsp3) is 1.00. The summed E-state index contributed by atoms with van der Waals surface area (Å²) < 4.78 is 0. The highest BCUT2D eigenvalue weighted by Gasteiger charge is 2.43. The molecule has 2 nitrogen and oxygen atoms in total. The SMILES string of the molecule is CC1(C)CCC2(CC1)CNCC1CCCC1N2. The van der Waals surface area contributed by atoms with Crippen LogP contribution in [0.1, 0.15) is 58.8 Å². The molecule has 2 saturated carbocycles. The van der Waals surface area contributed by atoms with E-state index in [1.165, 1.54) is 58.0 Å². The first-order valence-electron chi connectivity index (χ1n) is 7.57. The van der Waals surface area contributed by atoms with Crippen LogP contribution in [-0.2, 0) is 0 Å². The summed E-state index contributed by atoms with van der Waals surface area (Å²) in [6.45, 7) is 7.32. The molecule has 2 heteroatoms. The van der Waals surface area contributed by atoms with E-state index in [1.807, 2.05) is 0 Å². The van der Waals surface area contributed by atoms with E-state index < -0.39 is 0 Å². The maximum Gasteiger partial charge on any atom is 0.0309 e. The van der Waals surface area contributed by atoms with Gasteiger partial charge < -0.3 is 10.6 Å². The van der Waals surface area contributed by atoms with Gasteiger partial charge in [0.2, 0.25) is 0 Å². The predicted octanol–water partition coefficient (Wildman–Crippen LogP) is 2.69. The van der Waals surface area contributed by atoms with E-state index >= 15 is 0 Å². The lowest BCUT2D eigenvalue weighted by atomic mass is 9.69. The second kappa shape index (κ2) is 4.24. The van der Waals surface area contributed by atoms with Gasteiger partial charge in [-0.05, 0) is 56.4 Å². The van der Waals surface area contributed by atoms with Crippen molar-refractivity contribution in [2.45, 2.75) is 70.4 Å². The third kappa shape index (κ3) is 2.39. The van der Waals surface area contributed by atoms with Gasteiger partial charge in [0.1, 0.15) is 0 Å². The van der Waals surface area contributed by atoms with Crippen LogP contribution in [0.3, 0.4) is 0 Å². The van der Waals surface area contributed by atoms with Gasteiger partial charge in [0.15, 0.2) is 0 Å². The molecule has 2 aliphatic carbocycles. The van der Waals surface area contributed by atoms with E-state index in [1.54, 1.807) is 0 Å². The molecule has 17 heavy (non-hydrogen) atoms. The third-order valence-corrected chi connectivity index (χ3v) is 5.58. The monoisotopic (exact) mass is 236 g/mol. The predicted molar refractivity (Wildman–Crippen MR) is 72.1 cm³/mol. The molecule has 1 heterocycles. The molecule has 0 bridgehead atoms. The van der Waals surface area contributed by atoms with E-state index in [9.17, 15) is 0 Å². The lowest BCUT2D eigenvalue weighted by Gasteiger charge is -2.45. The Bertz CT molecular complexity index is 275. The Morgan fingerprint density at radius 1 is 1.00 bits per heavy atom. The lowest BCUT2D eigenvalue weighted by molar-refractivity contribution is 0.127. The van der Waals surface area contributed by atoms with Crippen LogP contribution in [0.25, 0.3) is 0 Å². The minimum Gasteiger partial charge on any atom is -0.315 e. The molecule has 3 rings (SSSR count). The maximum atomic E-state index is 4.07. The van der Waals surface area contributed by atoms with Crippen molar-refractivity contribution in [2.24, 2.45) is 11.3 Å². The zero-order valence-electron chi connectivity index (χ0n) is 11.5. The fourth-order valence-electron chi connectivity index (χ4n) is 4.14. The molecule has 98 valence electrons. The number of nitrogens with one attached hydrogen (secondary N) is 2. The summed E-state index contributed by atoms with van der Waals surface area (Å²) in [6.07, 6.45) is 9.81. The Morgan fingerprint density at radius 2 is 1.76 bits per heavy atom. The smallest absolute Gasteiger partial charge is 0.0309 e. The number of rotatable bonds is 0. The van der Waals surface area contributed by atoms with Gasteiger partial charge in [0, 0.05) is 18.1 Å². The Hall–Kier alpha value is -0.0800. The average Bonchev–Trinajstić information content (AvgIpc) is 2.64. The second-order valence-corrected chi connectivity index (χ2v) is 7.52. The molecular weight excluding hydrogens is 208 g/mol. The van der Waals surface area contributed by atoms with Gasteiger partial charge in [0.05, 0.1) is 0 Å². The highest BCUT2D eigenvalue weighted by molar-refractivity contribution is 5.03. The van der Waals surface area contributed by atoms with Gasteiger partial charge in [-0.2, -0.15) is 0 Å². The summed E-state index contributed by atoms with van der Waals surface area (Å²) >= 11 is 0. The Kier molecular flexibility index (Phi) is 2.99. The minimum absolute atomic E-state index is 0.430. The Balaban J connectivity index is 1.70. The van der Waals surface area contributed by atoms with Crippen molar-refractivity contribution in [2.75, 3.05) is 13.1 Å². The molecule has 1 saturated heterocycles. The number of hydrogen-bond donors (Lipinski definition) is 2. The van der Waals surface area contributed by atoms with Gasteiger partial charge in [-0.3, -0.25) is 0 Å². The first-order valence-corrected chi connectivity index (χ1v) is 7.57. The molecule has 3 aliphatic rings. The third-order valence-electron chi connectivity index (χ3n) is 5.58. The standard InChI is InChI=1S/C15H28N2/c1-14(2)6-8-15(9-7-14)11-16-10-12-4-3-5-13(12)17-15/h12-13,16-17H,3-11H2,1-2H3.